The first-order chi connectivity index (χ1) is 20.0. The SMILES string of the molecule is CCCCCCCCOc1ccc(C(=O)Oc2ccc(OCC=CC3CCC(CCCCC)CC3)cc2)c(F)c1F. The zero-order chi connectivity index (χ0) is 29.3. The largest absolute Gasteiger partial charge is 0.490 e. The first-order valence-corrected chi connectivity index (χ1v) is 15.7. The Hall–Kier alpha value is -2.89. The van der Waals surface area contributed by atoms with Gasteiger partial charge in [0.2, 0.25) is 5.82 Å². The van der Waals surface area contributed by atoms with Crippen LogP contribution in [0.3, 0.4) is 0 Å². The summed E-state index contributed by atoms with van der Waals surface area (Å²) in [6.07, 6.45) is 21.3. The number of benzene rings is 2. The fourth-order valence-corrected chi connectivity index (χ4v) is 5.38. The summed E-state index contributed by atoms with van der Waals surface area (Å²) in [6, 6.07) is 8.99. The van der Waals surface area contributed by atoms with Crippen molar-refractivity contribution in [2.24, 2.45) is 11.8 Å². The second kappa shape index (κ2) is 18.5. The molecule has 1 saturated carbocycles. The van der Waals surface area contributed by atoms with E-state index in [4.69, 9.17) is 14.2 Å². The number of carbonyl (C=O) groups excluding carboxylic acids is 1. The van der Waals surface area contributed by atoms with Crippen molar-refractivity contribution >= 4 is 5.97 Å². The van der Waals surface area contributed by atoms with E-state index in [0.717, 1.165) is 25.2 Å². The molecule has 0 unspecified atom stereocenters. The number of allylic oxidation sites excluding steroid dienone is 1. The zero-order valence-corrected chi connectivity index (χ0v) is 25.0. The fraction of sp³-hybridized carbons (Fsp3) is 0.571. The molecule has 0 heterocycles. The van der Waals surface area contributed by atoms with Gasteiger partial charge < -0.3 is 14.2 Å². The third-order valence-electron chi connectivity index (χ3n) is 7.92. The summed E-state index contributed by atoms with van der Waals surface area (Å²) in [5.41, 5.74) is -0.477. The lowest BCUT2D eigenvalue weighted by Gasteiger charge is -2.26. The third kappa shape index (κ3) is 11.5. The molecular weight excluding hydrogens is 522 g/mol. The van der Waals surface area contributed by atoms with Gasteiger partial charge in [-0.15, -0.1) is 0 Å². The van der Waals surface area contributed by atoms with Gasteiger partial charge in [-0.2, -0.15) is 4.39 Å². The molecule has 0 bridgehead atoms. The van der Waals surface area contributed by atoms with Crippen molar-refractivity contribution in [1.29, 1.82) is 0 Å². The molecule has 41 heavy (non-hydrogen) atoms. The molecule has 0 spiro atoms. The lowest BCUT2D eigenvalue weighted by atomic mass is 9.79. The normalized spacial score (nSPS) is 17.1. The predicted molar refractivity (Wildman–Crippen MR) is 161 cm³/mol. The summed E-state index contributed by atoms with van der Waals surface area (Å²) in [7, 11) is 0. The van der Waals surface area contributed by atoms with E-state index in [9.17, 15) is 13.6 Å². The molecule has 0 aliphatic heterocycles. The van der Waals surface area contributed by atoms with Gasteiger partial charge in [-0.05, 0) is 80.3 Å². The standard InChI is InChI=1S/C35H48F2O4/c1-3-5-7-8-9-11-25-40-32-24-23-31(33(36)34(32)37)35(38)41-30-21-19-29(20-22-30)39-26-12-14-28-17-15-27(16-18-28)13-10-6-4-2/h12,14,19-24,27-28H,3-11,13,15-18,25-26H2,1-2H3. The van der Waals surface area contributed by atoms with Crippen LogP contribution < -0.4 is 14.2 Å². The van der Waals surface area contributed by atoms with E-state index in [1.54, 1.807) is 24.3 Å². The molecule has 1 aliphatic carbocycles. The zero-order valence-electron chi connectivity index (χ0n) is 25.0. The number of carbonyl (C=O) groups is 1. The van der Waals surface area contributed by atoms with Crippen LogP contribution in [0.5, 0.6) is 17.2 Å². The van der Waals surface area contributed by atoms with E-state index < -0.39 is 23.2 Å². The Morgan fingerprint density at radius 1 is 0.780 bits per heavy atom. The van der Waals surface area contributed by atoms with E-state index >= 15 is 0 Å². The molecule has 1 fully saturated rings. The number of halogens is 2. The average Bonchev–Trinajstić information content (AvgIpc) is 2.98. The van der Waals surface area contributed by atoms with Gasteiger partial charge in [0.1, 0.15) is 18.1 Å². The van der Waals surface area contributed by atoms with Crippen LogP contribution in [0.1, 0.15) is 114 Å². The number of ether oxygens (including phenoxy) is 3. The summed E-state index contributed by atoms with van der Waals surface area (Å²) >= 11 is 0. The summed E-state index contributed by atoms with van der Waals surface area (Å²) in [5, 5.41) is 0. The highest BCUT2D eigenvalue weighted by Gasteiger charge is 2.21. The topological polar surface area (TPSA) is 44.8 Å². The van der Waals surface area contributed by atoms with Crippen molar-refractivity contribution in [2.45, 2.75) is 104 Å². The molecule has 2 aromatic rings. The van der Waals surface area contributed by atoms with Gasteiger partial charge in [0.25, 0.3) is 0 Å². The lowest BCUT2D eigenvalue weighted by Crippen LogP contribution is -2.13. The highest BCUT2D eigenvalue weighted by atomic mass is 19.2. The first kappa shape index (κ1) is 32.6. The van der Waals surface area contributed by atoms with Gasteiger partial charge in [-0.1, -0.05) is 83.8 Å². The van der Waals surface area contributed by atoms with E-state index in [2.05, 4.69) is 26.0 Å². The molecule has 4 nitrogen and oxygen atoms in total. The van der Waals surface area contributed by atoms with Crippen LogP contribution in [-0.4, -0.2) is 19.2 Å². The number of esters is 1. The Morgan fingerprint density at radius 2 is 1.44 bits per heavy atom. The van der Waals surface area contributed by atoms with Gasteiger partial charge in [0.15, 0.2) is 11.6 Å². The van der Waals surface area contributed by atoms with Gasteiger partial charge >= 0.3 is 5.97 Å². The van der Waals surface area contributed by atoms with Gasteiger partial charge in [-0.3, -0.25) is 0 Å². The average molecular weight is 571 g/mol. The molecule has 0 radical (unpaired) electrons. The van der Waals surface area contributed by atoms with E-state index in [1.807, 2.05) is 0 Å². The van der Waals surface area contributed by atoms with Crippen molar-refractivity contribution in [2.75, 3.05) is 13.2 Å². The molecule has 226 valence electrons. The highest BCUT2D eigenvalue weighted by Crippen LogP contribution is 2.32. The van der Waals surface area contributed by atoms with Gasteiger partial charge in [0, 0.05) is 0 Å². The number of hydrogen-bond donors (Lipinski definition) is 0. The summed E-state index contributed by atoms with van der Waals surface area (Å²) in [5.74, 6) is -1.23. The molecule has 0 amide bonds. The van der Waals surface area contributed by atoms with Crippen LogP contribution in [0.25, 0.3) is 0 Å². The smallest absolute Gasteiger partial charge is 0.346 e. The fourth-order valence-electron chi connectivity index (χ4n) is 5.38. The Balaban J connectivity index is 1.38. The minimum atomic E-state index is -1.27. The first-order valence-electron chi connectivity index (χ1n) is 15.7. The van der Waals surface area contributed by atoms with Crippen LogP contribution in [0.2, 0.25) is 0 Å². The molecule has 2 aromatic carbocycles. The number of rotatable bonds is 18. The Kier molecular flexibility index (Phi) is 14.7. The van der Waals surface area contributed by atoms with Gasteiger partial charge in [-0.25, -0.2) is 9.18 Å². The molecule has 0 aromatic heterocycles. The molecule has 3 rings (SSSR count). The maximum Gasteiger partial charge on any atom is 0.346 e. The van der Waals surface area contributed by atoms with Crippen molar-refractivity contribution in [3.8, 4) is 17.2 Å². The Morgan fingerprint density at radius 3 is 2.17 bits per heavy atom. The number of unbranched alkanes of at least 4 members (excludes halogenated alkanes) is 7. The molecule has 6 heteroatoms. The van der Waals surface area contributed by atoms with Crippen LogP contribution in [-0.2, 0) is 0 Å². The van der Waals surface area contributed by atoms with E-state index in [-0.39, 0.29) is 11.5 Å². The summed E-state index contributed by atoms with van der Waals surface area (Å²) < 4.78 is 45.6. The van der Waals surface area contributed by atoms with Gasteiger partial charge in [0.05, 0.1) is 12.2 Å². The molecule has 0 atom stereocenters. The maximum atomic E-state index is 14.6. The van der Waals surface area contributed by atoms with Crippen molar-refractivity contribution in [3.05, 3.63) is 65.7 Å². The summed E-state index contributed by atoms with van der Waals surface area (Å²) in [4.78, 5) is 12.5. The minimum Gasteiger partial charge on any atom is -0.490 e. The van der Waals surface area contributed by atoms with E-state index in [1.165, 1.54) is 82.8 Å². The molecular formula is C35H48F2O4. The Labute approximate surface area is 245 Å². The number of hydrogen-bond acceptors (Lipinski definition) is 4. The second-order valence-corrected chi connectivity index (χ2v) is 11.2. The maximum absolute atomic E-state index is 14.6. The lowest BCUT2D eigenvalue weighted by molar-refractivity contribution is 0.0728. The molecule has 0 saturated heterocycles. The monoisotopic (exact) mass is 570 g/mol. The van der Waals surface area contributed by atoms with Crippen molar-refractivity contribution < 1.29 is 27.8 Å². The summed E-state index contributed by atoms with van der Waals surface area (Å²) in [6.45, 7) is 5.18. The second-order valence-electron chi connectivity index (χ2n) is 11.2. The van der Waals surface area contributed by atoms with Crippen LogP contribution in [0.4, 0.5) is 8.78 Å². The predicted octanol–water partition coefficient (Wildman–Crippen LogP) is 10.2. The molecule has 1 aliphatic rings. The van der Waals surface area contributed by atoms with Crippen LogP contribution in [0, 0.1) is 23.5 Å². The highest BCUT2D eigenvalue weighted by molar-refractivity contribution is 5.91. The van der Waals surface area contributed by atoms with Crippen molar-refractivity contribution in [1.82, 2.24) is 0 Å². The van der Waals surface area contributed by atoms with Crippen LogP contribution >= 0.6 is 0 Å². The molecule has 0 N–H and O–H groups in total. The minimum absolute atomic E-state index is 0.196. The van der Waals surface area contributed by atoms with Crippen LogP contribution in [0.15, 0.2) is 48.6 Å². The van der Waals surface area contributed by atoms with Crippen molar-refractivity contribution in [3.63, 3.8) is 0 Å². The Bertz CT molecular complexity index is 1060. The van der Waals surface area contributed by atoms with E-state index in [0.29, 0.717) is 24.9 Å². The third-order valence-corrected chi connectivity index (χ3v) is 7.92. The quantitative estimate of drug-likeness (QED) is 0.0774.